The van der Waals surface area contributed by atoms with Gasteiger partial charge in [-0.05, 0) is 25.3 Å². The van der Waals surface area contributed by atoms with Crippen LogP contribution in [0.4, 0.5) is 39.5 Å². The number of carbonyl (C=O) groups excluding carboxylic acids is 6. The molecule has 12 nitrogen and oxygen atoms in total. The van der Waals surface area contributed by atoms with E-state index in [4.69, 9.17) is 0 Å². The minimum absolute atomic E-state index is 0.273. The molecule has 4 N–H and O–H groups in total. The second-order valence-corrected chi connectivity index (χ2v) is 9.29. The predicted molar refractivity (Wildman–Crippen MR) is 134 cm³/mol. The lowest BCUT2D eigenvalue weighted by Crippen LogP contribution is -2.60. The Bertz CT molecular complexity index is 1240. The SMILES string of the molecule is COC(=O)C(Cc1ccccc1)NC(=O)C(NC(=O)C(CCCNC(=O)C(F)(F)F)NC(=O)C(F)(F)F)C(C)OC(=O)C(F)(F)F. The third-order valence-electron chi connectivity index (χ3n) is 5.75. The standard InChI is InChI=1S/C25H27F9N4O8/c1-12(46-22(44)25(32,33)34)16(18(40)36-15(19(41)45-2)11-13-7-4-3-5-8-13)38-17(39)14(37-21(43)24(29,30)31)9-6-10-35-20(42)23(26,27)28/h3-5,7-8,12,14-16H,6,9-11H2,1-2H3,(H,35,42)(H,36,40)(H,37,43)(H,38,39). The zero-order valence-corrected chi connectivity index (χ0v) is 23.7. The van der Waals surface area contributed by atoms with E-state index in [1.807, 2.05) is 0 Å². The van der Waals surface area contributed by atoms with Gasteiger partial charge in [-0.15, -0.1) is 0 Å². The number of carbonyl (C=O) groups is 6. The smallest absolute Gasteiger partial charge is 0.467 e. The largest absolute Gasteiger partial charge is 0.490 e. The number of methoxy groups -OCH3 is 1. The highest BCUT2D eigenvalue weighted by atomic mass is 19.4. The van der Waals surface area contributed by atoms with E-state index < -0.39 is 97.7 Å². The van der Waals surface area contributed by atoms with E-state index in [9.17, 15) is 68.3 Å². The van der Waals surface area contributed by atoms with E-state index >= 15 is 0 Å². The first kappa shape index (κ1) is 39.4. The molecule has 0 saturated carbocycles. The number of ether oxygens (including phenoxy) is 2. The molecule has 0 radical (unpaired) electrons. The van der Waals surface area contributed by atoms with Crippen molar-refractivity contribution in [1.29, 1.82) is 0 Å². The van der Waals surface area contributed by atoms with Gasteiger partial charge < -0.3 is 30.7 Å². The molecule has 0 heterocycles. The lowest BCUT2D eigenvalue weighted by atomic mass is 10.0. The lowest BCUT2D eigenvalue weighted by Gasteiger charge is -2.28. The number of halogens is 9. The average molecular weight is 682 g/mol. The molecule has 0 aliphatic heterocycles. The molecule has 21 heteroatoms. The van der Waals surface area contributed by atoms with Crippen molar-refractivity contribution in [3.63, 3.8) is 0 Å². The van der Waals surface area contributed by atoms with Crippen molar-refractivity contribution in [2.24, 2.45) is 0 Å². The van der Waals surface area contributed by atoms with Crippen LogP contribution in [0, 0.1) is 0 Å². The summed E-state index contributed by atoms with van der Waals surface area (Å²) < 4.78 is 123. The van der Waals surface area contributed by atoms with E-state index in [2.05, 4.69) is 14.8 Å². The molecule has 4 atom stereocenters. The molecule has 0 fully saturated rings. The van der Waals surface area contributed by atoms with Crippen LogP contribution >= 0.6 is 0 Å². The summed E-state index contributed by atoms with van der Waals surface area (Å²) >= 11 is 0. The van der Waals surface area contributed by atoms with E-state index in [1.54, 1.807) is 23.5 Å². The highest BCUT2D eigenvalue weighted by molar-refractivity contribution is 5.94. The van der Waals surface area contributed by atoms with Gasteiger partial charge in [-0.3, -0.25) is 19.2 Å². The number of nitrogens with one attached hydrogen (secondary N) is 4. The van der Waals surface area contributed by atoms with Crippen molar-refractivity contribution in [3.8, 4) is 0 Å². The Morgan fingerprint density at radius 2 is 1.30 bits per heavy atom. The molecule has 258 valence electrons. The van der Waals surface area contributed by atoms with Crippen molar-refractivity contribution in [1.82, 2.24) is 21.3 Å². The van der Waals surface area contributed by atoms with Crippen LogP contribution in [-0.2, 0) is 44.7 Å². The van der Waals surface area contributed by atoms with E-state index in [-0.39, 0.29) is 6.42 Å². The van der Waals surface area contributed by atoms with Crippen LogP contribution < -0.4 is 21.3 Å². The zero-order chi connectivity index (χ0) is 35.5. The van der Waals surface area contributed by atoms with Crippen LogP contribution in [0.1, 0.15) is 25.3 Å². The van der Waals surface area contributed by atoms with Crippen molar-refractivity contribution >= 4 is 35.6 Å². The number of hydrogen-bond donors (Lipinski definition) is 4. The molecule has 1 rings (SSSR count). The summed E-state index contributed by atoms with van der Waals surface area (Å²) in [5.74, 6) is -12.3. The molecule has 0 aliphatic carbocycles. The van der Waals surface area contributed by atoms with Crippen molar-refractivity contribution in [2.45, 2.75) is 68.9 Å². The van der Waals surface area contributed by atoms with Crippen LogP contribution in [0.15, 0.2) is 30.3 Å². The normalized spacial score (nSPS) is 14.5. The second-order valence-electron chi connectivity index (χ2n) is 9.29. The fourth-order valence-corrected chi connectivity index (χ4v) is 3.52. The fraction of sp³-hybridized carbons (Fsp3) is 0.520. The first-order chi connectivity index (χ1) is 21.1. The Morgan fingerprint density at radius 3 is 1.80 bits per heavy atom. The molecule has 0 bridgehead atoms. The van der Waals surface area contributed by atoms with Crippen molar-refractivity contribution in [3.05, 3.63) is 35.9 Å². The molecule has 4 unspecified atom stereocenters. The monoisotopic (exact) mass is 682 g/mol. The highest BCUT2D eigenvalue weighted by Crippen LogP contribution is 2.19. The lowest BCUT2D eigenvalue weighted by molar-refractivity contribution is -0.205. The fourth-order valence-electron chi connectivity index (χ4n) is 3.52. The van der Waals surface area contributed by atoms with Gasteiger partial charge in [-0.1, -0.05) is 30.3 Å². The maximum atomic E-state index is 13.2. The summed E-state index contributed by atoms with van der Waals surface area (Å²) in [6.45, 7) is -0.192. The topological polar surface area (TPSA) is 169 Å². The Balaban J connectivity index is 3.32. The molecule has 0 aromatic heterocycles. The molecule has 0 aliphatic rings. The van der Waals surface area contributed by atoms with Gasteiger partial charge in [-0.2, -0.15) is 39.5 Å². The maximum absolute atomic E-state index is 13.2. The van der Waals surface area contributed by atoms with Crippen LogP contribution in [0.25, 0.3) is 0 Å². The van der Waals surface area contributed by atoms with Gasteiger partial charge in [0, 0.05) is 13.0 Å². The summed E-state index contributed by atoms with van der Waals surface area (Å²) in [5, 5.41) is 6.40. The quantitative estimate of drug-likeness (QED) is 0.130. The number of amides is 4. The number of benzene rings is 1. The summed E-state index contributed by atoms with van der Waals surface area (Å²) in [7, 11) is 0.921. The Morgan fingerprint density at radius 1 is 0.739 bits per heavy atom. The molecule has 0 saturated heterocycles. The summed E-state index contributed by atoms with van der Waals surface area (Å²) in [5.41, 5.74) is 0.433. The number of hydrogen-bond acceptors (Lipinski definition) is 8. The van der Waals surface area contributed by atoms with Gasteiger partial charge in [0.05, 0.1) is 7.11 Å². The molecular weight excluding hydrogens is 655 g/mol. The van der Waals surface area contributed by atoms with Crippen molar-refractivity contribution < 1.29 is 77.8 Å². The summed E-state index contributed by atoms with van der Waals surface area (Å²) in [4.78, 5) is 72.4. The minimum atomic E-state index is -5.61. The zero-order valence-electron chi connectivity index (χ0n) is 23.7. The maximum Gasteiger partial charge on any atom is 0.490 e. The van der Waals surface area contributed by atoms with Crippen LogP contribution in [0.3, 0.4) is 0 Å². The first-order valence-electron chi connectivity index (χ1n) is 12.8. The highest BCUT2D eigenvalue weighted by Gasteiger charge is 2.45. The molecule has 1 aromatic rings. The number of alkyl halides is 9. The van der Waals surface area contributed by atoms with E-state index in [0.717, 1.165) is 7.11 Å². The summed E-state index contributed by atoms with van der Waals surface area (Å²) in [6.07, 6.45) is -20.6. The average Bonchev–Trinajstić information content (AvgIpc) is 2.94. The van der Waals surface area contributed by atoms with Gasteiger partial charge in [0.1, 0.15) is 24.2 Å². The van der Waals surface area contributed by atoms with Gasteiger partial charge in [0.15, 0.2) is 0 Å². The Kier molecular flexibility index (Phi) is 14.3. The predicted octanol–water partition coefficient (Wildman–Crippen LogP) is 1.37. The van der Waals surface area contributed by atoms with Crippen molar-refractivity contribution in [2.75, 3.05) is 13.7 Å². The number of esters is 2. The van der Waals surface area contributed by atoms with Crippen LogP contribution in [0.2, 0.25) is 0 Å². The molecular formula is C25H27F9N4O8. The molecule has 0 spiro atoms. The van der Waals surface area contributed by atoms with Gasteiger partial charge in [-0.25, -0.2) is 9.59 Å². The number of rotatable bonds is 14. The minimum Gasteiger partial charge on any atom is -0.467 e. The Hall–Kier alpha value is -4.59. The Labute approximate surface area is 253 Å². The van der Waals surface area contributed by atoms with E-state index in [1.165, 1.54) is 22.8 Å². The van der Waals surface area contributed by atoms with Crippen LogP contribution in [-0.4, -0.2) is 92.0 Å². The third kappa shape index (κ3) is 13.2. The third-order valence-corrected chi connectivity index (χ3v) is 5.75. The molecule has 46 heavy (non-hydrogen) atoms. The van der Waals surface area contributed by atoms with Crippen LogP contribution in [0.5, 0.6) is 0 Å². The summed E-state index contributed by atoms with van der Waals surface area (Å²) in [6, 6.07) is 1.50. The first-order valence-corrected chi connectivity index (χ1v) is 12.8. The van der Waals surface area contributed by atoms with E-state index in [0.29, 0.717) is 12.5 Å². The molecule has 1 aromatic carbocycles. The van der Waals surface area contributed by atoms with Gasteiger partial charge >= 0.3 is 42.3 Å². The molecule has 4 amide bonds. The van der Waals surface area contributed by atoms with Gasteiger partial charge in [0.25, 0.3) is 0 Å². The second kappa shape index (κ2) is 16.6. The van der Waals surface area contributed by atoms with Gasteiger partial charge in [0.2, 0.25) is 11.8 Å².